The molecular weight excluding hydrogens is 208 g/mol. The van der Waals surface area contributed by atoms with Crippen LogP contribution in [-0.4, -0.2) is 22.0 Å². The molecule has 5 nitrogen and oxygen atoms in total. The third kappa shape index (κ3) is 3.20. The number of hydrogen-bond acceptors (Lipinski definition) is 3. The van der Waals surface area contributed by atoms with Crippen LogP contribution in [0.3, 0.4) is 0 Å². The van der Waals surface area contributed by atoms with E-state index in [0.717, 1.165) is 5.56 Å². The van der Waals surface area contributed by atoms with Gasteiger partial charge in [0.2, 0.25) is 5.91 Å². The molecule has 1 aromatic rings. The minimum atomic E-state index is -1.18. The maximum absolute atomic E-state index is 10.8. The lowest BCUT2D eigenvalue weighted by atomic mass is 10.1. The molecular formula is C11H12N2O3. The van der Waals surface area contributed by atoms with E-state index < -0.39 is 11.9 Å². The first kappa shape index (κ1) is 11.9. The number of carboxylic acids is 1. The molecule has 1 amide bonds. The highest BCUT2D eigenvalue weighted by Crippen LogP contribution is 2.09. The normalized spacial score (nSPS) is 11.0. The van der Waals surface area contributed by atoms with Crippen LogP contribution in [0.2, 0.25) is 0 Å². The number of carbonyl (C=O) groups is 2. The second kappa shape index (κ2) is 5.06. The molecule has 0 aliphatic carbocycles. The number of rotatable bonds is 3. The number of amides is 1. The molecule has 84 valence electrons. The minimum Gasteiger partial charge on any atom is -0.477 e. The number of aryl methyl sites for hydroxylation is 1. The Morgan fingerprint density at radius 1 is 1.50 bits per heavy atom. The zero-order chi connectivity index (χ0) is 12.1. The fourth-order valence-electron chi connectivity index (χ4n) is 1.12. The Kier molecular flexibility index (Phi) is 3.77. The zero-order valence-electron chi connectivity index (χ0n) is 9.02. The van der Waals surface area contributed by atoms with E-state index in [2.05, 4.69) is 10.3 Å². The van der Waals surface area contributed by atoms with Crippen LogP contribution < -0.4 is 5.32 Å². The van der Waals surface area contributed by atoms with Gasteiger partial charge in [-0.1, -0.05) is 0 Å². The molecule has 0 radical (unpaired) electrons. The summed E-state index contributed by atoms with van der Waals surface area (Å²) in [7, 11) is 0. The monoisotopic (exact) mass is 220 g/mol. The van der Waals surface area contributed by atoms with Crippen LogP contribution in [0.25, 0.3) is 6.08 Å². The molecule has 2 N–H and O–H groups in total. The predicted molar refractivity (Wildman–Crippen MR) is 58.4 cm³/mol. The van der Waals surface area contributed by atoms with Crippen molar-refractivity contribution in [2.45, 2.75) is 13.8 Å². The van der Waals surface area contributed by atoms with Crippen molar-refractivity contribution in [3.63, 3.8) is 0 Å². The number of nitrogens with zero attached hydrogens (tertiary/aromatic N) is 1. The molecule has 0 bridgehead atoms. The molecule has 0 unspecified atom stereocenters. The van der Waals surface area contributed by atoms with Crippen LogP contribution in [0.1, 0.15) is 18.1 Å². The second-order valence-corrected chi connectivity index (χ2v) is 3.28. The molecule has 0 saturated carbocycles. The topological polar surface area (TPSA) is 79.3 Å². The number of carbonyl (C=O) groups excluding carboxylic acids is 1. The van der Waals surface area contributed by atoms with Crippen LogP contribution in [0, 0.1) is 6.92 Å². The Morgan fingerprint density at radius 2 is 2.19 bits per heavy atom. The van der Waals surface area contributed by atoms with Gasteiger partial charge in [0.25, 0.3) is 0 Å². The van der Waals surface area contributed by atoms with Crippen molar-refractivity contribution < 1.29 is 14.7 Å². The van der Waals surface area contributed by atoms with Crippen molar-refractivity contribution in [3.8, 4) is 0 Å². The van der Waals surface area contributed by atoms with Crippen LogP contribution in [0.5, 0.6) is 0 Å². The summed E-state index contributed by atoms with van der Waals surface area (Å²) in [5.41, 5.74) is 1.39. The van der Waals surface area contributed by atoms with Gasteiger partial charge in [0.1, 0.15) is 5.70 Å². The number of hydrogen-bond donors (Lipinski definition) is 2. The number of carboxylic acid groups (broad SMARTS) is 1. The molecule has 1 rings (SSSR count). The van der Waals surface area contributed by atoms with Gasteiger partial charge in [0.15, 0.2) is 0 Å². The molecule has 0 spiro atoms. The Labute approximate surface area is 92.8 Å². The van der Waals surface area contributed by atoms with E-state index in [0.29, 0.717) is 5.56 Å². The fraction of sp³-hybridized carbons (Fsp3) is 0.182. The first-order valence-electron chi connectivity index (χ1n) is 4.64. The lowest BCUT2D eigenvalue weighted by Crippen LogP contribution is -2.24. The Bertz CT molecular complexity index is 452. The van der Waals surface area contributed by atoms with E-state index in [1.54, 1.807) is 18.5 Å². The van der Waals surface area contributed by atoms with E-state index in [1.807, 2.05) is 6.92 Å². The van der Waals surface area contributed by atoms with E-state index in [4.69, 9.17) is 5.11 Å². The van der Waals surface area contributed by atoms with Gasteiger partial charge in [0.05, 0.1) is 0 Å². The standard InChI is InChI=1S/C11H12N2O3/c1-7-3-4-12-6-9(7)5-10(11(15)16)13-8(2)14/h3-6H,1-2H3,(H,13,14)(H,15,16)/b10-5+. The first-order valence-corrected chi connectivity index (χ1v) is 4.64. The van der Waals surface area contributed by atoms with Crippen LogP contribution in [-0.2, 0) is 9.59 Å². The highest BCUT2D eigenvalue weighted by atomic mass is 16.4. The third-order valence-corrected chi connectivity index (χ3v) is 1.92. The molecule has 1 aromatic heterocycles. The number of aliphatic carboxylic acids is 1. The largest absolute Gasteiger partial charge is 0.477 e. The fourth-order valence-corrected chi connectivity index (χ4v) is 1.12. The minimum absolute atomic E-state index is 0.163. The Morgan fingerprint density at radius 3 is 2.69 bits per heavy atom. The number of aromatic nitrogens is 1. The second-order valence-electron chi connectivity index (χ2n) is 3.28. The molecule has 1 heterocycles. The molecule has 0 aliphatic heterocycles. The van der Waals surface area contributed by atoms with Crippen molar-refractivity contribution in [2.24, 2.45) is 0 Å². The number of nitrogens with one attached hydrogen (secondary N) is 1. The Hall–Kier alpha value is -2.17. The smallest absolute Gasteiger partial charge is 0.352 e. The lowest BCUT2D eigenvalue weighted by molar-refractivity contribution is -0.134. The molecule has 5 heteroatoms. The SMILES string of the molecule is CC(=O)N/C(=C/c1cnccc1C)C(=O)O. The quantitative estimate of drug-likeness (QED) is 0.743. The molecule has 0 fully saturated rings. The van der Waals surface area contributed by atoms with E-state index in [-0.39, 0.29) is 5.70 Å². The molecule has 0 atom stereocenters. The van der Waals surface area contributed by atoms with Gasteiger partial charge in [0, 0.05) is 19.3 Å². The van der Waals surface area contributed by atoms with Crippen molar-refractivity contribution in [3.05, 3.63) is 35.3 Å². The van der Waals surface area contributed by atoms with E-state index >= 15 is 0 Å². The summed E-state index contributed by atoms with van der Waals surface area (Å²) in [6.45, 7) is 3.09. The zero-order valence-corrected chi connectivity index (χ0v) is 9.02. The first-order chi connectivity index (χ1) is 7.50. The van der Waals surface area contributed by atoms with Gasteiger partial charge in [-0.3, -0.25) is 9.78 Å². The summed E-state index contributed by atoms with van der Waals surface area (Å²) in [6.07, 6.45) is 4.54. The van der Waals surface area contributed by atoms with Gasteiger partial charge >= 0.3 is 5.97 Å². The van der Waals surface area contributed by atoms with Crippen molar-refractivity contribution in [1.82, 2.24) is 10.3 Å². The molecule has 16 heavy (non-hydrogen) atoms. The van der Waals surface area contributed by atoms with Gasteiger partial charge in [-0.2, -0.15) is 0 Å². The Balaban J connectivity index is 3.07. The highest BCUT2D eigenvalue weighted by molar-refractivity contribution is 5.96. The van der Waals surface area contributed by atoms with Gasteiger partial charge in [-0.25, -0.2) is 4.79 Å². The van der Waals surface area contributed by atoms with Crippen LogP contribution in [0.4, 0.5) is 0 Å². The summed E-state index contributed by atoms with van der Waals surface area (Å²) in [5.74, 6) is -1.60. The molecule has 0 saturated heterocycles. The number of pyridine rings is 1. The summed E-state index contributed by atoms with van der Waals surface area (Å²) in [5, 5.41) is 11.1. The summed E-state index contributed by atoms with van der Waals surface area (Å²) in [4.78, 5) is 25.5. The van der Waals surface area contributed by atoms with Gasteiger partial charge in [-0.05, 0) is 30.2 Å². The van der Waals surface area contributed by atoms with Crippen molar-refractivity contribution in [1.29, 1.82) is 0 Å². The average molecular weight is 220 g/mol. The lowest BCUT2D eigenvalue weighted by Gasteiger charge is -2.04. The summed E-state index contributed by atoms with van der Waals surface area (Å²) in [6, 6.07) is 1.76. The maximum Gasteiger partial charge on any atom is 0.352 e. The van der Waals surface area contributed by atoms with Crippen LogP contribution >= 0.6 is 0 Å². The van der Waals surface area contributed by atoms with Crippen molar-refractivity contribution in [2.75, 3.05) is 0 Å². The van der Waals surface area contributed by atoms with Crippen LogP contribution in [0.15, 0.2) is 24.2 Å². The predicted octanol–water partition coefficient (Wildman–Crippen LogP) is 0.952. The maximum atomic E-state index is 10.8. The summed E-state index contributed by atoms with van der Waals surface area (Å²) >= 11 is 0. The van der Waals surface area contributed by atoms with E-state index in [9.17, 15) is 9.59 Å². The third-order valence-electron chi connectivity index (χ3n) is 1.92. The molecule has 0 aromatic carbocycles. The van der Waals surface area contributed by atoms with Gasteiger partial charge < -0.3 is 10.4 Å². The van der Waals surface area contributed by atoms with Gasteiger partial charge in [-0.15, -0.1) is 0 Å². The average Bonchev–Trinajstić information content (AvgIpc) is 2.19. The van der Waals surface area contributed by atoms with Crippen molar-refractivity contribution >= 4 is 18.0 Å². The van der Waals surface area contributed by atoms with E-state index in [1.165, 1.54) is 13.0 Å². The summed E-state index contributed by atoms with van der Waals surface area (Å²) < 4.78 is 0. The molecule has 0 aliphatic rings. The highest BCUT2D eigenvalue weighted by Gasteiger charge is 2.09.